The summed E-state index contributed by atoms with van der Waals surface area (Å²) in [6.07, 6.45) is 5.87. The fourth-order valence-electron chi connectivity index (χ4n) is 2.54. The predicted molar refractivity (Wildman–Crippen MR) is 81.2 cm³/mol. The van der Waals surface area contributed by atoms with Crippen molar-refractivity contribution in [1.29, 1.82) is 0 Å². The molecule has 0 radical (unpaired) electrons. The van der Waals surface area contributed by atoms with Crippen LogP contribution in [-0.4, -0.2) is 42.9 Å². The average molecular weight is 291 g/mol. The SMILES string of the molecule is CSc1cccc(C(=O)N2CC[C@H](OCC3CC3)C2)c1. The lowest BCUT2D eigenvalue weighted by Crippen LogP contribution is -2.30. The molecule has 1 heterocycles. The Morgan fingerprint density at radius 3 is 3.00 bits per heavy atom. The summed E-state index contributed by atoms with van der Waals surface area (Å²) in [6.45, 7) is 2.45. The second kappa shape index (κ2) is 6.19. The molecule has 1 aromatic rings. The van der Waals surface area contributed by atoms with Crippen LogP contribution in [0.1, 0.15) is 29.6 Å². The topological polar surface area (TPSA) is 29.5 Å². The molecule has 0 bridgehead atoms. The van der Waals surface area contributed by atoms with Gasteiger partial charge >= 0.3 is 0 Å². The number of likely N-dealkylation sites (tertiary alicyclic amines) is 1. The summed E-state index contributed by atoms with van der Waals surface area (Å²) in [5, 5.41) is 0. The second-order valence-electron chi connectivity index (χ2n) is 5.67. The molecule has 2 aliphatic rings. The Morgan fingerprint density at radius 1 is 1.40 bits per heavy atom. The molecule has 0 N–H and O–H groups in total. The van der Waals surface area contributed by atoms with Crippen LogP contribution in [0.3, 0.4) is 0 Å². The van der Waals surface area contributed by atoms with Gasteiger partial charge in [-0.2, -0.15) is 0 Å². The van der Waals surface area contributed by atoms with Gasteiger partial charge in [0.15, 0.2) is 0 Å². The minimum absolute atomic E-state index is 0.137. The molecule has 0 unspecified atom stereocenters. The lowest BCUT2D eigenvalue weighted by molar-refractivity contribution is 0.0480. The first-order valence-electron chi connectivity index (χ1n) is 7.31. The number of amides is 1. The Hall–Kier alpha value is -1.00. The summed E-state index contributed by atoms with van der Waals surface area (Å²) in [4.78, 5) is 15.5. The van der Waals surface area contributed by atoms with E-state index in [-0.39, 0.29) is 12.0 Å². The zero-order valence-electron chi connectivity index (χ0n) is 11.9. The van der Waals surface area contributed by atoms with E-state index in [9.17, 15) is 4.79 Å². The minimum atomic E-state index is 0.137. The second-order valence-corrected chi connectivity index (χ2v) is 6.55. The Bertz CT molecular complexity index is 487. The highest BCUT2D eigenvalue weighted by molar-refractivity contribution is 7.98. The number of ether oxygens (including phenoxy) is 1. The van der Waals surface area contributed by atoms with E-state index in [2.05, 4.69) is 0 Å². The lowest BCUT2D eigenvalue weighted by Gasteiger charge is -2.17. The number of thioether (sulfide) groups is 1. The van der Waals surface area contributed by atoms with Gasteiger partial charge in [0, 0.05) is 30.2 Å². The molecule has 0 aromatic heterocycles. The fraction of sp³-hybridized carbons (Fsp3) is 0.562. The van der Waals surface area contributed by atoms with Crippen LogP contribution >= 0.6 is 11.8 Å². The summed E-state index contributed by atoms with van der Waals surface area (Å²) in [6, 6.07) is 7.87. The van der Waals surface area contributed by atoms with Gasteiger partial charge in [0.1, 0.15) is 0 Å². The zero-order valence-corrected chi connectivity index (χ0v) is 12.7. The smallest absolute Gasteiger partial charge is 0.253 e. The average Bonchev–Trinajstić information content (AvgIpc) is 3.21. The number of carbonyl (C=O) groups is 1. The monoisotopic (exact) mass is 291 g/mol. The third kappa shape index (κ3) is 3.36. The van der Waals surface area contributed by atoms with Gasteiger partial charge in [-0.1, -0.05) is 6.07 Å². The molecular weight excluding hydrogens is 270 g/mol. The maximum absolute atomic E-state index is 12.5. The third-order valence-corrected chi connectivity index (χ3v) is 4.74. The van der Waals surface area contributed by atoms with Gasteiger partial charge in [0.25, 0.3) is 5.91 Å². The zero-order chi connectivity index (χ0) is 13.9. The van der Waals surface area contributed by atoms with Crippen LogP contribution in [0.5, 0.6) is 0 Å². The van der Waals surface area contributed by atoms with E-state index in [0.29, 0.717) is 0 Å². The molecule has 108 valence electrons. The maximum Gasteiger partial charge on any atom is 0.253 e. The van der Waals surface area contributed by atoms with Crippen LogP contribution in [0, 0.1) is 5.92 Å². The molecule has 4 heteroatoms. The number of nitrogens with zero attached hydrogens (tertiary/aromatic N) is 1. The molecule has 1 atom stereocenters. The van der Waals surface area contributed by atoms with E-state index in [1.165, 1.54) is 12.8 Å². The first-order valence-corrected chi connectivity index (χ1v) is 8.53. The van der Waals surface area contributed by atoms with Crippen molar-refractivity contribution >= 4 is 17.7 Å². The summed E-state index contributed by atoms with van der Waals surface area (Å²) >= 11 is 1.67. The minimum Gasteiger partial charge on any atom is -0.376 e. The van der Waals surface area contributed by atoms with Crippen molar-refractivity contribution in [2.75, 3.05) is 26.0 Å². The molecule has 20 heavy (non-hydrogen) atoms. The summed E-state index contributed by atoms with van der Waals surface area (Å²) in [7, 11) is 0. The maximum atomic E-state index is 12.5. The standard InChI is InChI=1S/C16H21NO2S/c1-20-15-4-2-3-13(9-15)16(18)17-8-7-14(10-17)19-11-12-5-6-12/h2-4,9,12,14H,5-8,10-11H2,1H3/t14-/m0/s1. The largest absolute Gasteiger partial charge is 0.376 e. The Balaban J connectivity index is 1.56. The highest BCUT2D eigenvalue weighted by Gasteiger charge is 2.29. The first kappa shape index (κ1) is 14.0. The molecular formula is C16H21NO2S. The molecule has 1 aromatic carbocycles. The molecule has 1 aliphatic carbocycles. The number of benzene rings is 1. The van der Waals surface area contributed by atoms with Crippen molar-refractivity contribution in [1.82, 2.24) is 4.90 Å². The van der Waals surface area contributed by atoms with Gasteiger partial charge in [0.2, 0.25) is 0 Å². The van der Waals surface area contributed by atoms with Gasteiger partial charge in [-0.3, -0.25) is 4.79 Å². The normalized spacial score (nSPS) is 22.2. The predicted octanol–water partition coefficient (Wildman–Crippen LogP) is 3.05. The van der Waals surface area contributed by atoms with E-state index in [4.69, 9.17) is 4.74 Å². The molecule has 2 fully saturated rings. The molecule has 1 saturated carbocycles. The van der Waals surface area contributed by atoms with Gasteiger partial charge in [-0.15, -0.1) is 11.8 Å². The van der Waals surface area contributed by atoms with Crippen molar-refractivity contribution in [2.45, 2.75) is 30.3 Å². The third-order valence-electron chi connectivity index (χ3n) is 4.01. The molecule has 3 rings (SSSR count). The van der Waals surface area contributed by atoms with E-state index >= 15 is 0 Å². The quantitative estimate of drug-likeness (QED) is 0.781. The van der Waals surface area contributed by atoms with E-state index in [1.807, 2.05) is 35.4 Å². The van der Waals surface area contributed by atoms with E-state index < -0.39 is 0 Å². The summed E-state index contributed by atoms with van der Waals surface area (Å²) in [5.74, 6) is 0.927. The molecule has 1 amide bonds. The van der Waals surface area contributed by atoms with Crippen LogP contribution < -0.4 is 0 Å². The number of hydrogen-bond acceptors (Lipinski definition) is 3. The summed E-state index contributed by atoms with van der Waals surface area (Å²) < 4.78 is 5.89. The van der Waals surface area contributed by atoms with Crippen LogP contribution in [0.25, 0.3) is 0 Å². The number of carbonyl (C=O) groups excluding carboxylic acids is 1. The van der Waals surface area contributed by atoms with Crippen LogP contribution in [0.15, 0.2) is 29.2 Å². The van der Waals surface area contributed by atoms with Crippen LogP contribution in [0.4, 0.5) is 0 Å². The van der Waals surface area contributed by atoms with Gasteiger partial charge < -0.3 is 9.64 Å². The van der Waals surface area contributed by atoms with Crippen LogP contribution in [-0.2, 0) is 4.74 Å². The molecule has 3 nitrogen and oxygen atoms in total. The Morgan fingerprint density at radius 2 is 2.25 bits per heavy atom. The molecule has 0 spiro atoms. The van der Waals surface area contributed by atoms with Gasteiger partial charge in [0.05, 0.1) is 6.10 Å². The lowest BCUT2D eigenvalue weighted by atomic mass is 10.2. The van der Waals surface area contributed by atoms with Crippen molar-refractivity contribution < 1.29 is 9.53 Å². The Labute approximate surface area is 124 Å². The van der Waals surface area contributed by atoms with Crippen molar-refractivity contribution in [3.63, 3.8) is 0 Å². The van der Waals surface area contributed by atoms with Crippen molar-refractivity contribution in [3.05, 3.63) is 29.8 Å². The summed E-state index contributed by atoms with van der Waals surface area (Å²) in [5.41, 5.74) is 0.791. The highest BCUT2D eigenvalue weighted by atomic mass is 32.2. The highest BCUT2D eigenvalue weighted by Crippen LogP contribution is 2.30. The van der Waals surface area contributed by atoms with Crippen molar-refractivity contribution in [2.24, 2.45) is 5.92 Å². The first-order chi connectivity index (χ1) is 9.76. The van der Waals surface area contributed by atoms with Gasteiger partial charge in [-0.05, 0) is 49.6 Å². The van der Waals surface area contributed by atoms with E-state index in [0.717, 1.165) is 42.5 Å². The number of hydrogen-bond donors (Lipinski definition) is 0. The molecule has 1 aliphatic heterocycles. The molecule has 1 saturated heterocycles. The fourth-order valence-corrected chi connectivity index (χ4v) is 3.00. The van der Waals surface area contributed by atoms with E-state index in [1.54, 1.807) is 11.8 Å². The van der Waals surface area contributed by atoms with Crippen LogP contribution in [0.2, 0.25) is 0 Å². The Kier molecular flexibility index (Phi) is 4.32. The van der Waals surface area contributed by atoms with Crippen molar-refractivity contribution in [3.8, 4) is 0 Å². The van der Waals surface area contributed by atoms with Gasteiger partial charge in [-0.25, -0.2) is 0 Å². The number of rotatable bonds is 5.